The van der Waals surface area contributed by atoms with Crippen molar-refractivity contribution in [3.8, 4) is 16.9 Å². The molecular weight excluding hydrogens is 586 g/mol. The zero-order chi connectivity index (χ0) is 31.3. The Morgan fingerprint density at radius 1 is 1.12 bits per heavy atom. The average molecular weight is 615 g/mol. The first kappa shape index (κ1) is 29.9. The van der Waals surface area contributed by atoms with Crippen LogP contribution in [-0.4, -0.2) is 73.1 Å². The van der Waals surface area contributed by atoms with Crippen molar-refractivity contribution < 1.29 is 23.5 Å². The number of hydrogen-bond donors (Lipinski definition) is 3. The molecule has 1 fully saturated rings. The number of nitrogens with zero attached hydrogens (tertiary/aromatic N) is 6. The number of nitrogens with one attached hydrogen (secondary N) is 1. The number of phenols is 1. The highest BCUT2D eigenvalue weighted by atomic mass is 35.5. The van der Waals surface area contributed by atoms with Gasteiger partial charge in [-0.3, -0.25) is 14.4 Å². The Bertz CT molecular complexity index is 1830. The molecule has 4 aromatic rings. The molecule has 12 nitrogen and oxygen atoms in total. The highest BCUT2D eigenvalue weighted by molar-refractivity contribution is 6.33. The van der Waals surface area contributed by atoms with Gasteiger partial charge in [-0.05, 0) is 27.0 Å². The molecule has 5 rings (SSSR count). The topological polar surface area (TPSA) is 152 Å². The highest BCUT2D eigenvalue weighted by Gasteiger charge is 2.30. The molecule has 0 spiro atoms. The maximum atomic E-state index is 15.1. The van der Waals surface area contributed by atoms with E-state index < -0.39 is 52.4 Å². The first-order valence-corrected chi connectivity index (χ1v) is 13.6. The monoisotopic (exact) mass is 614 g/mol. The molecule has 0 aliphatic carbocycles. The van der Waals surface area contributed by atoms with Crippen LogP contribution >= 0.6 is 11.6 Å². The average Bonchev–Trinajstić information content (AvgIpc) is 3.28. The molecule has 1 aromatic carbocycles. The fourth-order valence-corrected chi connectivity index (χ4v) is 5.79. The number of primary amides is 1. The van der Waals surface area contributed by atoms with Gasteiger partial charge in [0.25, 0.3) is 11.5 Å². The second-order valence-electron chi connectivity index (χ2n) is 10.7. The van der Waals surface area contributed by atoms with Crippen LogP contribution < -0.4 is 21.5 Å². The van der Waals surface area contributed by atoms with E-state index in [1.54, 1.807) is 6.07 Å². The summed E-state index contributed by atoms with van der Waals surface area (Å²) in [6, 6.07) is 2.85. The summed E-state index contributed by atoms with van der Waals surface area (Å²) in [6.07, 6.45) is 3.92. The lowest BCUT2D eigenvalue weighted by atomic mass is 10.0. The fourth-order valence-electron chi connectivity index (χ4n) is 5.64. The number of hydrogen-bond acceptors (Lipinski definition) is 8. The molecule has 2 unspecified atom stereocenters. The number of pyridine rings is 1. The molecule has 226 valence electrons. The van der Waals surface area contributed by atoms with Crippen LogP contribution in [0.1, 0.15) is 24.2 Å². The van der Waals surface area contributed by atoms with Crippen LogP contribution in [0.25, 0.3) is 22.2 Å². The minimum Gasteiger partial charge on any atom is -0.504 e. The molecule has 1 aliphatic heterocycles. The van der Waals surface area contributed by atoms with Crippen LogP contribution in [-0.2, 0) is 18.4 Å². The zero-order valence-corrected chi connectivity index (χ0v) is 24.5. The number of amides is 2. The third-order valence-electron chi connectivity index (χ3n) is 7.47. The number of aryl methyl sites for hydroxylation is 1. The fraction of sp³-hybridized carbons (Fsp3) is 0.321. The minimum atomic E-state index is -1.71. The van der Waals surface area contributed by atoms with Crippen LogP contribution in [0.5, 0.6) is 5.75 Å². The Balaban J connectivity index is 1.52. The Morgan fingerprint density at radius 2 is 1.79 bits per heavy atom. The van der Waals surface area contributed by atoms with Crippen LogP contribution in [0.3, 0.4) is 0 Å². The summed E-state index contributed by atoms with van der Waals surface area (Å²) < 4.78 is 32.1. The van der Waals surface area contributed by atoms with Gasteiger partial charge < -0.3 is 35.1 Å². The normalized spacial score (nSPS) is 17.4. The van der Waals surface area contributed by atoms with Gasteiger partial charge in [0.2, 0.25) is 11.7 Å². The molecule has 0 radical (unpaired) electrons. The lowest BCUT2D eigenvalue weighted by Crippen LogP contribution is -2.56. The molecule has 4 N–H and O–H groups in total. The van der Waals surface area contributed by atoms with E-state index in [4.69, 9.17) is 17.3 Å². The Kier molecular flexibility index (Phi) is 7.84. The van der Waals surface area contributed by atoms with E-state index in [0.717, 1.165) is 23.7 Å². The number of fused-ring (bicyclic) bond motifs is 1. The number of halogens is 3. The summed E-state index contributed by atoms with van der Waals surface area (Å²) in [4.78, 5) is 51.3. The number of benzene rings is 1. The molecule has 43 heavy (non-hydrogen) atoms. The van der Waals surface area contributed by atoms with E-state index in [2.05, 4.69) is 46.0 Å². The summed E-state index contributed by atoms with van der Waals surface area (Å²) in [6.45, 7) is 5.44. The summed E-state index contributed by atoms with van der Waals surface area (Å²) in [5.74, 6) is -5.60. The van der Waals surface area contributed by atoms with Gasteiger partial charge in [-0.2, -0.15) is 4.39 Å². The van der Waals surface area contributed by atoms with Crippen molar-refractivity contribution in [2.75, 3.05) is 30.4 Å². The molecule has 0 saturated carbocycles. The predicted molar refractivity (Wildman–Crippen MR) is 157 cm³/mol. The first-order chi connectivity index (χ1) is 20.3. The number of aromatic hydroxyl groups is 1. The van der Waals surface area contributed by atoms with Crippen LogP contribution in [0, 0.1) is 11.6 Å². The van der Waals surface area contributed by atoms with Gasteiger partial charge in [0.05, 0.1) is 34.2 Å². The lowest BCUT2D eigenvalue weighted by Gasteiger charge is -2.44. The highest BCUT2D eigenvalue weighted by Crippen LogP contribution is 2.36. The quantitative estimate of drug-likeness (QED) is 0.300. The number of anilines is 2. The third-order valence-corrected chi connectivity index (χ3v) is 7.77. The Labute approximate surface area is 249 Å². The number of aromatic nitrogens is 4. The largest absolute Gasteiger partial charge is 0.504 e. The van der Waals surface area contributed by atoms with E-state index in [1.807, 2.05) is 0 Å². The minimum absolute atomic E-state index is 0.00311. The van der Waals surface area contributed by atoms with Gasteiger partial charge >= 0.3 is 0 Å². The van der Waals surface area contributed by atoms with E-state index in [9.17, 15) is 23.9 Å². The molecule has 1 saturated heterocycles. The van der Waals surface area contributed by atoms with Crippen molar-refractivity contribution in [2.45, 2.75) is 32.5 Å². The SMILES string of the molecule is CC1CN(C)CC(C)N1c1cc(NC(=O)Cn2cc(-c3cc(C(N)=O)c(O)c(F)c3F)c3c(=O)n(C)cnc32)c(Cl)cn1. The maximum Gasteiger partial charge on any atom is 0.263 e. The standard InChI is InChI=1S/C28H29ClF2N8O4/c1-13-8-36(3)9-14(2)39(13)20-6-19(18(29)7-33-20)35-21(40)11-38-10-17(22-27(38)34-12-37(4)28(22)43)15-5-16(26(32)42)25(41)24(31)23(15)30/h5-7,10,12-14,41H,8-9,11H2,1-4H3,(H2,32,42)(H,33,35,40). The number of likely N-dealkylation sites (N-methyl/N-ethyl adjacent to an activating group) is 1. The van der Waals surface area contributed by atoms with Gasteiger partial charge in [0.1, 0.15) is 18.0 Å². The van der Waals surface area contributed by atoms with Gasteiger partial charge in [-0.25, -0.2) is 14.4 Å². The predicted octanol–water partition coefficient (Wildman–Crippen LogP) is 2.70. The van der Waals surface area contributed by atoms with Crippen LogP contribution in [0.15, 0.2) is 35.6 Å². The number of nitrogens with two attached hydrogens (primary N) is 1. The van der Waals surface area contributed by atoms with E-state index in [0.29, 0.717) is 11.5 Å². The van der Waals surface area contributed by atoms with Crippen molar-refractivity contribution in [3.63, 3.8) is 0 Å². The number of carbonyl (C=O) groups excluding carboxylic acids is 2. The number of piperazine rings is 1. The second-order valence-corrected chi connectivity index (χ2v) is 11.1. The van der Waals surface area contributed by atoms with E-state index in [1.165, 1.54) is 30.3 Å². The van der Waals surface area contributed by atoms with Crippen molar-refractivity contribution in [1.82, 2.24) is 24.0 Å². The van der Waals surface area contributed by atoms with Crippen molar-refractivity contribution >= 4 is 46.0 Å². The van der Waals surface area contributed by atoms with Crippen LogP contribution in [0.4, 0.5) is 20.3 Å². The first-order valence-electron chi connectivity index (χ1n) is 13.3. The maximum absolute atomic E-state index is 15.1. The van der Waals surface area contributed by atoms with Gasteiger partial charge in [-0.15, -0.1) is 0 Å². The molecule has 15 heteroatoms. The molecular formula is C28H29ClF2N8O4. The Morgan fingerprint density at radius 3 is 2.44 bits per heavy atom. The molecule has 3 aromatic heterocycles. The molecule has 2 amide bonds. The van der Waals surface area contributed by atoms with Gasteiger partial charge in [0, 0.05) is 55.6 Å². The summed E-state index contributed by atoms with van der Waals surface area (Å²) in [5, 5.41) is 12.7. The summed E-state index contributed by atoms with van der Waals surface area (Å²) >= 11 is 6.38. The van der Waals surface area contributed by atoms with Crippen molar-refractivity contribution in [3.05, 3.63) is 63.4 Å². The molecule has 1 aliphatic rings. The number of rotatable bonds is 6. The van der Waals surface area contributed by atoms with Gasteiger partial charge in [-0.1, -0.05) is 11.6 Å². The van der Waals surface area contributed by atoms with Crippen LogP contribution in [0.2, 0.25) is 5.02 Å². The molecule has 2 atom stereocenters. The summed E-state index contributed by atoms with van der Waals surface area (Å²) in [7, 11) is 3.46. The summed E-state index contributed by atoms with van der Waals surface area (Å²) in [5.41, 5.74) is 3.58. The number of carbonyl (C=O) groups is 2. The molecule has 0 bridgehead atoms. The molecule has 4 heterocycles. The van der Waals surface area contributed by atoms with Crippen molar-refractivity contribution in [1.29, 1.82) is 0 Å². The van der Waals surface area contributed by atoms with E-state index >= 15 is 4.39 Å². The van der Waals surface area contributed by atoms with E-state index in [-0.39, 0.29) is 33.7 Å². The third kappa shape index (κ3) is 5.39. The van der Waals surface area contributed by atoms with Crippen molar-refractivity contribution in [2.24, 2.45) is 12.8 Å². The Hall–Kier alpha value is -4.56. The lowest BCUT2D eigenvalue weighted by molar-refractivity contribution is -0.116. The zero-order valence-electron chi connectivity index (χ0n) is 23.7. The second kappa shape index (κ2) is 11.3. The van der Waals surface area contributed by atoms with Gasteiger partial charge in [0.15, 0.2) is 11.6 Å². The smallest absolute Gasteiger partial charge is 0.263 e.